The first-order valence-corrected chi connectivity index (χ1v) is 5.62. The van der Waals surface area contributed by atoms with Gasteiger partial charge in [0, 0.05) is 17.6 Å². The van der Waals surface area contributed by atoms with E-state index in [1.54, 1.807) is 6.07 Å². The monoisotopic (exact) mass is 232 g/mol. The number of fused-ring (bicyclic) bond motifs is 1. The van der Waals surface area contributed by atoms with Crippen molar-refractivity contribution >= 4 is 16.8 Å². The molecule has 0 aliphatic carbocycles. The molecule has 0 radical (unpaired) electrons. The lowest BCUT2D eigenvalue weighted by atomic mass is 10.1. The van der Waals surface area contributed by atoms with Crippen molar-refractivity contribution in [1.29, 1.82) is 0 Å². The van der Waals surface area contributed by atoms with Crippen molar-refractivity contribution < 1.29 is 9.90 Å². The normalized spacial score (nSPS) is 10.8. The average molecular weight is 232 g/mol. The minimum atomic E-state index is -0.161. The van der Waals surface area contributed by atoms with Crippen LogP contribution in [-0.4, -0.2) is 29.1 Å². The fourth-order valence-corrected chi connectivity index (χ4v) is 1.94. The highest BCUT2D eigenvalue weighted by atomic mass is 16.3. The number of aliphatic hydroxyl groups is 1. The molecule has 90 valence electrons. The van der Waals surface area contributed by atoms with Crippen molar-refractivity contribution in [3.8, 4) is 0 Å². The number of aryl methyl sites for hydroxylation is 2. The highest BCUT2D eigenvalue weighted by Crippen LogP contribution is 2.23. The Morgan fingerprint density at radius 3 is 2.88 bits per heavy atom. The lowest BCUT2D eigenvalue weighted by Gasteiger charge is -2.04. The summed E-state index contributed by atoms with van der Waals surface area (Å²) < 4.78 is 0. The van der Waals surface area contributed by atoms with Gasteiger partial charge < -0.3 is 15.4 Å². The summed E-state index contributed by atoms with van der Waals surface area (Å²) >= 11 is 0. The van der Waals surface area contributed by atoms with Gasteiger partial charge in [0.2, 0.25) is 0 Å². The van der Waals surface area contributed by atoms with Crippen LogP contribution in [0, 0.1) is 13.8 Å². The third-order valence-electron chi connectivity index (χ3n) is 2.99. The first kappa shape index (κ1) is 11.7. The topological polar surface area (TPSA) is 65.1 Å². The molecule has 2 rings (SSSR count). The second kappa shape index (κ2) is 4.59. The average Bonchev–Trinajstić information content (AvgIpc) is 2.62. The van der Waals surface area contributed by atoms with E-state index >= 15 is 0 Å². The van der Waals surface area contributed by atoms with Crippen LogP contribution >= 0.6 is 0 Å². The van der Waals surface area contributed by atoms with Gasteiger partial charge in [0.05, 0.1) is 17.7 Å². The van der Waals surface area contributed by atoms with Crippen molar-refractivity contribution in [1.82, 2.24) is 10.3 Å². The van der Waals surface area contributed by atoms with E-state index < -0.39 is 0 Å². The second-order valence-electron chi connectivity index (χ2n) is 4.08. The summed E-state index contributed by atoms with van der Waals surface area (Å²) in [4.78, 5) is 15.1. The largest absolute Gasteiger partial charge is 0.395 e. The molecule has 1 aromatic heterocycles. The molecule has 0 saturated carbocycles. The van der Waals surface area contributed by atoms with Gasteiger partial charge in [0.25, 0.3) is 5.91 Å². The van der Waals surface area contributed by atoms with Crippen molar-refractivity contribution in [3.63, 3.8) is 0 Å². The third kappa shape index (κ3) is 2.03. The molecule has 0 spiro atoms. The van der Waals surface area contributed by atoms with Crippen molar-refractivity contribution in [2.24, 2.45) is 0 Å². The maximum absolute atomic E-state index is 11.9. The number of hydrogen-bond acceptors (Lipinski definition) is 2. The van der Waals surface area contributed by atoms with E-state index in [2.05, 4.69) is 10.3 Å². The van der Waals surface area contributed by atoms with Crippen LogP contribution in [0.1, 0.15) is 21.6 Å². The highest BCUT2D eigenvalue weighted by Gasteiger charge is 2.12. The second-order valence-corrected chi connectivity index (χ2v) is 4.08. The highest BCUT2D eigenvalue weighted by molar-refractivity contribution is 6.06. The van der Waals surface area contributed by atoms with Crippen molar-refractivity contribution in [2.45, 2.75) is 13.8 Å². The molecule has 0 saturated heterocycles. The predicted octanol–water partition coefficient (Wildman–Crippen LogP) is 1.51. The summed E-state index contributed by atoms with van der Waals surface area (Å²) in [6.07, 6.45) is 0. The van der Waals surface area contributed by atoms with E-state index in [-0.39, 0.29) is 19.1 Å². The Bertz CT molecular complexity index is 558. The number of carbonyl (C=O) groups excluding carboxylic acids is 1. The van der Waals surface area contributed by atoms with E-state index in [4.69, 9.17) is 5.11 Å². The number of aromatic nitrogens is 1. The Labute approximate surface area is 99.7 Å². The van der Waals surface area contributed by atoms with Gasteiger partial charge in [-0.15, -0.1) is 0 Å². The maximum atomic E-state index is 11.9. The molecule has 2 aromatic rings. The number of benzene rings is 1. The number of aromatic amines is 1. The van der Waals surface area contributed by atoms with Gasteiger partial charge in [0.15, 0.2) is 0 Å². The smallest absolute Gasteiger partial charge is 0.253 e. The Morgan fingerprint density at radius 2 is 2.18 bits per heavy atom. The molecular weight excluding hydrogens is 216 g/mol. The van der Waals surface area contributed by atoms with Crippen LogP contribution in [0.15, 0.2) is 18.2 Å². The Morgan fingerprint density at radius 1 is 1.41 bits per heavy atom. The number of hydrogen-bond donors (Lipinski definition) is 3. The quantitative estimate of drug-likeness (QED) is 0.751. The van der Waals surface area contributed by atoms with Crippen LogP contribution in [0.3, 0.4) is 0 Å². The molecule has 3 N–H and O–H groups in total. The molecule has 1 amide bonds. The Kier molecular flexibility index (Phi) is 3.15. The first-order chi connectivity index (χ1) is 8.15. The molecule has 1 heterocycles. The van der Waals surface area contributed by atoms with Gasteiger partial charge in [-0.3, -0.25) is 4.79 Å². The van der Waals surface area contributed by atoms with E-state index in [0.717, 1.165) is 22.2 Å². The molecule has 0 aliphatic rings. The molecule has 0 bridgehead atoms. The first-order valence-electron chi connectivity index (χ1n) is 5.62. The fraction of sp³-hybridized carbons (Fsp3) is 0.308. The molecular formula is C13H16N2O2. The third-order valence-corrected chi connectivity index (χ3v) is 2.99. The number of carbonyl (C=O) groups is 1. The Balaban J connectivity index is 2.47. The molecule has 0 fully saturated rings. The zero-order valence-corrected chi connectivity index (χ0v) is 10.0. The molecule has 4 heteroatoms. The fourth-order valence-electron chi connectivity index (χ4n) is 1.94. The summed E-state index contributed by atoms with van der Waals surface area (Å²) in [5, 5.41) is 12.4. The number of aliphatic hydroxyl groups excluding tert-OH is 1. The minimum absolute atomic E-state index is 0.0511. The minimum Gasteiger partial charge on any atom is -0.395 e. The summed E-state index contributed by atoms with van der Waals surface area (Å²) in [6.45, 7) is 4.24. The lowest BCUT2D eigenvalue weighted by Crippen LogP contribution is -2.26. The van der Waals surface area contributed by atoms with Crippen LogP contribution in [0.4, 0.5) is 0 Å². The number of para-hydroxylation sites is 1. The number of rotatable bonds is 3. The van der Waals surface area contributed by atoms with Crippen LogP contribution in [0.25, 0.3) is 10.9 Å². The maximum Gasteiger partial charge on any atom is 0.253 e. The van der Waals surface area contributed by atoms with Crippen molar-refractivity contribution in [2.75, 3.05) is 13.2 Å². The van der Waals surface area contributed by atoms with Crippen LogP contribution in [0.5, 0.6) is 0 Å². The zero-order valence-electron chi connectivity index (χ0n) is 10.0. The molecule has 0 unspecified atom stereocenters. The van der Waals surface area contributed by atoms with Gasteiger partial charge in [0.1, 0.15) is 0 Å². The summed E-state index contributed by atoms with van der Waals surface area (Å²) in [6, 6.07) is 5.65. The summed E-state index contributed by atoms with van der Waals surface area (Å²) in [5.41, 5.74) is 3.71. The lowest BCUT2D eigenvalue weighted by molar-refractivity contribution is 0.0946. The molecule has 0 aliphatic heterocycles. The van der Waals surface area contributed by atoms with E-state index in [1.807, 2.05) is 26.0 Å². The van der Waals surface area contributed by atoms with Gasteiger partial charge in [-0.1, -0.05) is 12.1 Å². The van der Waals surface area contributed by atoms with Crippen molar-refractivity contribution in [3.05, 3.63) is 35.0 Å². The van der Waals surface area contributed by atoms with E-state index in [9.17, 15) is 4.79 Å². The molecule has 1 aromatic carbocycles. The van der Waals surface area contributed by atoms with Gasteiger partial charge in [-0.2, -0.15) is 0 Å². The van der Waals surface area contributed by atoms with Crippen LogP contribution in [0.2, 0.25) is 0 Å². The SMILES string of the molecule is Cc1[nH]c2c(C(=O)NCCO)cccc2c1C. The van der Waals surface area contributed by atoms with Gasteiger partial charge in [-0.25, -0.2) is 0 Å². The number of amides is 1. The Hall–Kier alpha value is -1.81. The standard InChI is InChI=1S/C13H16N2O2/c1-8-9(2)15-12-10(8)4-3-5-11(12)13(17)14-6-7-16/h3-5,15-16H,6-7H2,1-2H3,(H,14,17). The van der Waals surface area contributed by atoms with Gasteiger partial charge in [-0.05, 0) is 25.5 Å². The predicted molar refractivity (Wildman–Crippen MR) is 67.2 cm³/mol. The number of nitrogens with one attached hydrogen (secondary N) is 2. The molecule has 17 heavy (non-hydrogen) atoms. The summed E-state index contributed by atoms with van der Waals surface area (Å²) in [7, 11) is 0. The van der Waals surface area contributed by atoms with E-state index in [0.29, 0.717) is 5.56 Å². The molecule has 0 atom stereocenters. The van der Waals surface area contributed by atoms with E-state index in [1.165, 1.54) is 0 Å². The van der Waals surface area contributed by atoms with Crippen LogP contribution in [-0.2, 0) is 0 Å². The van der Waals surface area contributed by atoms with Gasteiger partial charge >= 0.3 is 0 Å². The molecule has 4 nitrogen and oxygen atoms in total. The zero-order chi connectivity index (χ0) is 12.4. The number of H-pyrrole nitrogens is 1. The summed E-state index contributed by atoms with van der Waals surface area (Å²) in [5.74, 6) is -0.161. The van der Waals surface area contributed by atoms with Crippen LogP contribution < -0.4 is 5.32 Å².